The Morgan fingerprint density at radius 1 is 1.35 bits per heavy atom. The summed E-state index contributed by atoms with van der Waals surface area (Å²) in [6.07, 6.45) is 0.738. The van der Waals surface area contributed by atoms with E-state index in [0.717, 1.165) is 13.0 Å². The van der Waals surface area contributed by atoms with Crippen molar-refractivity contribution >= 4 is 11.8 Å². The summed E-state index contributed by atoms with van der Waals surface area (Å²) in [5.41, 5.74) is 0. The third-order valence-corrected chi connectivity index (χ3v) is 1.77. The molecular weight excluding hydrogens is 224 g/mol. The van der Waals surface area contributed by atoms with Crippen LogP contribution in [0.25, 0.3) is 0 Å². The summed E-state index contributed by atoms with van der Waals surface area (Å²) in [6.45, 7) is 6.48. The average molecular weight is 248 g/mol. The van der Waals surface area contributed by atoms with E-state index in [0.29, 0.717) is 12.5 Å². The summed E-state index contributed by atoms with van der Waals surface area (Å²) in [7, 11) is 1.67. The second-order valence-electron chi connectivity index (χ2n) is 3.76. The van der Waals surface area contributed by atoms with Crippen molar-refractivity contribution < 1.29 is 24.2 Å². The number of aliphatic hydroxyl groups is 1. The van der Waals surface area contributed by atoms with Crippen molar-refractivity contribution in [1.29, 1.82) is 0 Å². The van der Waals surface area contributed by atoms with Crippen LogP contribution in [0.1, 0.15) is 33.6 Å². The normalized spacial score (nSPS) is 11.1. The van der Waals surface area contributed by atoms with E-state index in [-0.39, 0.29) is 18.8 Å². The number of hydrogen-bond donors (Lipinski definition) is 1. The molecule has 17 heavy (non-hydrogen) atoms. The molecule has 5 nitrogen and oxygen atoms in total. The fourth-order valence-electron chi connectivity index (χ4n) is 1.00. The highest BCUT2D eigenvalue weighted by Gasteiger charge is 2.03. The molecular formula is C12H24O5. The summed E-state index contributed by atoms with van der Waals surface area (Å²) in [6, 6.07) is 0. The maximum atomic E-state index is 10.4. The topological polar surface area (TPSA) is 72.8 Å². The minimum absolute atomic E-state index is 0.103. The number of carbonyl (C=O) groups excluding carboxylic acids is 2. The van der Waals surface area contributed by atoms with E-state index in [1.807, 2.05) is 0 Å². The van der Waals surface area contributed by atoms with Crippen LogP contribution in [0.2, 0.25) is 0 Å². The molecule has 0 heterocycles. The van der Waals surface area contributed by atoms with E-state index >= 15 is 0 Å². The van der Waals surface area contributed by atoms with Crippen molar-refractivity contribution in [3.05, 3.63) is 0 Å². The number of carbonyl (C=O) groups is 2. The molecule has 0 spiro atoms. The number of rotatable bonds is 7. The minimum Gasteiger partial charge on any atom is -0.466 e. The van der Waals surface area contributed by atoms with Gasteiger partial charge in [0.15, 0.2) is 0 Å². The van der Waals surface area contributed by atoms with Crippen LogP contribution in [0.4, 0.5) is 0 Å². The van der Waals surface area contributed by atoms with Crippen LogP contribution in [0, 0.1) is 5.92 Å². The number of Topliss-reactive ketones (excluding diaryl/α,β-unsaturated/α-hetero) is 1. The van der Waals surface area contributed by atoms with Gasteiger partial charge in [-0.15, -0.1) is 0 Å². The predicted molar refractivity (Wildman–Crippen MR) is 64.7 cm³/mol. The lowest BCUT2D eigenvalue weighted by atomic mass is 10.1. The van der Waals surface area contributed by atoms with E-state index in [4.69, 9.17) is 9.84 Å². The molecule has 1 unspecified atom stereocenters. The lowest BCUT2D eigenvalue weighted by Gasteiger charge is -2.05. The first-order chi connectivity index (χ1) is 7.97. The highest BCUT2D eigenvalue weighted by atomic mass is 16.5. The third-order valence-electron chi connectivity index (χ3n) is 1.77. The van der Waals surface area contributed by atoms with Gasteiger partial charge in [-0.3, -0.25) is 9.59 Å². The van der Waals surface area contributed by atoms with Crippen molar-refractivity contribution in [3.8, 4) is 0 Å². The number of esters is 1. The van der Waals surface area contributed by atoms with Crippen LogP contribution >= 0.6 is 0 Å². The number of aliphatic hydroxyl groups excluding tert-OH is 1. The van der Waals surface area contributed by atoms with Crippen LogP contribution in [0.15, 0.2) is 0 Å². The van der Waals surface area contributed by atoms with E-state index in [1.54, 1.807) is 14.0 Å². The number of hydrogen-bond acceptors (Lipinski definition) is 5. The molecule has 0 aliphatic heterocycles. The zero-order valence-electron chi connectivity index (χ0n) is 11.2. The quantitative estimate of drug-likeness (QED) is 0.541. The molecule has 102 valence electrons. The number of ether oxygens (including phenoxy) is 2. The summed E-state index contributed by atoms with van der Waals surface area (Å²) in [4.78, 5) is 20.6. The molecule has 0 rings (SSSR count). The van der Waals surface area contributed by atoms with Crippen molar-refractivity contribution in [3.63, 3.8) is 0 Å². The Balaban J connectivity index is 0. The third kappa shape index (κ3) is 17.7. The highest BCUT2D eigenvalue weighted by molar-refractivity contribution is 5.94. The molecule has 0 radical (unpaired) electrons. The molecule has 0 saturated heterocycles. The molecule has 0 aliphatic rings. The molecule has 0 saturated carbocycles. The Morgan fingerprint density at radius 2 is 1.94 bits per heavy atom. The second kappa shape index (κ2) is 13.1. The zero-order chi connectivity index (χ0) is 13.7. The Kier molecular flexibility index (Phi) is 14.2. The monoisotopic (exact) mass is 248 g/mol. The SMILES string of the molecule is CCOC(=O)CC(C)=O.COCC(C)CCO. The van der Waals surface area contributed by atoms with Crippen LogP contribution in [0.3, 0.4) is 0 Å². The van der Waals surface area contributed by atoms with Gasteiger partial charge in [0.2, 0.25) is 0 Å². The van der Waals surface area contributed by atoms with Gasteiger partial charge >= 0.3 is 5.97 Å². The zero-order valence-corrected chi connectivity index (χ0v) is 11.2. The van der Waals surface area contributed by atoms with Crippen LogP contribution in [-0.2, 0) is 19.1 Å². The van der Waals surface area contributed by atoms with E-state index in [9.17, 15) is 9.59 Å². The smallest absolute Gasteiger partial charge is 0.313 e. The average Bonchev–Trinajstić information content (AvgIpc) is 2.18. The predicted octanol–water partition coefficient (Wildman–Crippen LogP) is 1.18. The van der Waals surface area contributed by atoms with Gasteiger partial charge in [-0.1, -0.05) is 6.92 Å². The van der Waals surface area contributed by atoms with Gasteiger partial charge in [0, 0.05) is 20.3 Å². The number of ketones is 1. The van der Waals surface area contributed by atoms with Gasteiger partial charge in [0.1, 0.15) is 12.2 Å². The lowest BCUT2D eigenvalue weighted by molar-refractivity contribution is -0.145. The Morgan fingerprint density at radius 3 is 2.29 bits per heavy atom. The molecule has 1 N–H and O–H groups in total. The van der Waals surface area contributed by atoms with Gasteiger partial charge < -0.3 is 14.6 Å². The largest absolute Gasteiger partial charge is 0.466 e. The second-order valence-corrected chi connectivity index (χ2v) is 3.76. The fourth-order valence-corrected chi connectivity index (χ4v) is 1.00. The van der Waals surface area contributed by atoms with Crippen molar-refractivity contribution in [2.24, 2.45) is 5.92 Å². The molecule has 0 aromatic carbocycles. The van der Waals surface area contributed by atoms with Crippen molar-refractivity contribution in [2.75, 3.05) is 26.9 Å². The van der Waals surface area contributed by atoms with Gasteiger partial charge in [-0.2, -0.15) is 0 Å². The lowest BCUT2D eigenvalue weighted by Crippen LogP contribution is -2.07. The first-order valence-electron chi connectivity index (χ1n) is 5.72. The molecule has 0 aliphatic carbocycles. The van der Waals surface area contributed by atoms with Crippen molar-refractivity contribution in [1.82, 2.24) is 0 Å². The molecule has 0 aromatic rings. The Hall–Kier alpha value is -0.940. The van der Waals surface area contributed by atoms with E-state index < -0.39 is 5.97 Å². The molecule has 0 amide bonds. The Bertz CT molecular complexity index is 197. The summed E-state index contributed by atoms with van der Waals surface area (Å²) >= 11 is 0. The standard InChI is InChI=1S/C6H10O3.C6H14O2/c1-3-9-6(8)4-5(2)7;1-6(3-4-7)5-8-2/h3-4H2,1-2H3;6-7H,3-5H2,1-2H3. The van der Waals surface area contributed by atoms with E-state index in [1.165, 1.54) is 6.92 Å². The molecule has 1 atom stereocenters. The van der Waals surface area contributed by atoms with Crippen LogP contribution in [-0.4, -0.2) is 43.8 Å². The summed E-state index contributed by atoms with van der Waals surface area (Å²) < 4.78 is 9.34. The molecule has 0 bridgehead atoms. The van der Waals surface area contributed by atoms with Crippen LogP contribution in [0.5, 0.6) is 0 Å². The van der Waals surface area contributed by atoms with Gasteiger partial charge in [-0.05, 0) is 26.2 Å². The Labute approximate surface area is 103 Å². The summed E-state index contributed by atoms with van der Waals surface area (Å²) in [5, 5.41) is 8.41. The summed E-state index contributed by atoms with van der Waals surface area (Å²) in [5.74, 6) is -0.108. The fraction of sp³-hybridized carbons (Fsp3) is 0.833. The molecule has 0 fully saturated rings. The van der Waals surface area contributed by atoms with Gasteiger partial charge in [0.25, 0.3) is 0 Å². The molecule has 0 aromatic heterocycles. The first-order valence-corrected chi connectivity index (χ1v) is 5.72. The van der Waals surface area contributed by atoms with Gasteiger partial charge in [-0.25, -0.2) is 0 Å². The highest BCUT2D eigenvalue weighted by Crippen LogP contribution is 1.98. The maximum absolute atomic E-state index is 10.4. The van der Waals surface area contributed by atoms with E-state index in [2.05, 4.69) is 11.7 Å². The van der Waals surface area contributed by atoms with Crippen molar-refractivity contribution in [2.45, 2.75) is 33.6 Å². The van der Waals surface area contributed by atoms with Gasteiger partial charge in [0.05, 0.1) is 6.61 Å². The minimum atomic E-state index is -0.440. The maximum Gasteiger partial charge on any atom is 0.313 e. The molecule has 5 heteroatoms. The van der Waals surface area contributed by atoms with Crippen LogP contribution < -0.4 is 0 Å². The number of methoxy groups -OCH3 is 1. The first kappa shape index (κ1) is 18.4.